The molecule has 0 aliphatic heterocycles. The number of aryl methyl sites for hydroxylation is 1. The van der Waals surface area contributed by atoms with E-state index >= 15 is 0 Å². The van der Waals surface area contributed by atoms with Gasteiger partial charge in [0.2, 0.25) is 0 Å². The molecule has 4 rings (SSSR count). The number of aromatic nitrogens is 2. The van der Waals surface area contributed by atoms with Gasteiger partial charge in [-0.05, 0) is 48.2 Å². The van der Waals surface area contributed by atoms with Crippen LogP contribution in [0.2, 0.25) is 0 Å². The molecular weight excluding hydrogens is 427 g/mol. The van der Waals surface area contributed by atoms with E-state index in [-0.39, 0.29) is 24.6 Å². The Hall–Kier alpha value is -3.78. The van der Waals surface area contributed by atoms with Crippen molar-refractivity contribution in [1.82, 2.24) is 20.4 Å². The number of halogens is 1. The van der Waals surface area contributed by atoms with Crippen LogP contribution >= 0.6 is 11.3 Å². The number of rotatable bonds is 7. The average Bonchev–Trinajstić information content (AvgIpc) is 3.49. The molecule has 2 aromatic heterocycles. The Morgan fingerprint density at radius 2 is 1.75 bits per heavy atom. The predicted molar refractivity (Wildman–Crippen MR) is 123 cm³/mol. The van der Waals surface area contributed by atoms with Gasteiger partial charge in [-0.25, -0.2) is 9.07 Å². The van der Waals surface area contributed by atoms with Crippen molar-refractivity contribution in [2.75, 3.05) is 13.1 Å². The SMILES string of the molecule is Cc1ccc(C(=O)NCCNC(=O)c2cn(-c3ccccc3)nc2-c2cccs2)cc1F. The van der Waals surface area contributed by atoms with E-state index < -0.39 is 11.7 Å². The molecule has 0 aliphatic rings. The molecule has 0 bridgehead atoms. The van der Waals surface area contributed by atoms with Crippen LogP contribution in [0, 0.1) is 12.7 Å². The number of carbonyl (C=O) groups excluding carboxylic acids is 2. The monoisotopic (exact) mass is 448 g/mol. The summed E-state index contributed by atoms with van der Waals surface area (Å²) in [6.45, 7) is 2.07. The lowest BCUT2D eigenvalue weighted by atomic mass is 10.1. The molecule has 162 valence electrons. The maximum atomic E-state index is 13.7. The van der Waals surface area contributed by atoms with Gasteiger partial charge in [-0.15, -0.1) is 11.3 Å². The summed E-state index contributed by atoms with van der Waals surface area (Å²) in [5.41, 5.74) is 2.61. The van der Waals surface area contributed by atoms with Gasteiger partial charge >= 0.3 is 0 Å². The molecule has 2 heterocycles. The van der Waals surface area contributed by atoms with E-state index in [1.54, 1.807) is 29.9 Å². The lowest BCUT2D eigenvalue weighted by Crippen LogP contribution is -2.34. The number of amides is 2. The van der Waals surface area contributed by atoms with Gasteiger partial charge in [0.25, 0.3) is 11.8 Å². The Morgan fingerprint density at radius 1 is 1.00 bits per heavy atom. The minimum Gasteiger partial charge on any atom is -0.350 e. The summed E-state index contributed by atoms with van der Waals surface area (Å²) in [6.07, 6.45) is 1.70. The Morgan fingerprint density at radius 3 is 2.44 bits per heavy atom. The molecule has 0 saturated carbocycles. The fourth-order valence-electron chi connectivity index (χ4n) is 3.13. The van der Waals surface area contributed by atoms with Crippen molar-refractivity contribution >= 4 is 23.2 Å². The highest BCUT2D eigenvalue weighted by atomic mass is 32.1. The zero-order valence-corrected chi connectivity index (χ0v) is 18.2. The molecule has 0 atom stereocenters. The van der Waals surface area contributed by atoms with Gasteiger partial charge in [0.05, 0.1) is 16.1 Å². The Bertz CT molecular complexity index is 1240. The molecule has 0 spiro atoms. The van der Waals surface area contributed by atoms with E-state index in [4.69, 9.17) is 0 Å². The fraction of sp³-hybridized carbons (Fsp3) is 0.125. The van der Waals surface area contributed by atoms with Gasteiger partial charge in [-0.2, -0.15) is 5.10 Å². The van der Waals surface area contributed by atoms with E-state index in [2.05, 4.69) is 15.7 Å². The van der Waals surface area contributed by atoms with Crippen molar-refractivity contribution in [2.45, 2.75) is 6.92 Å². The normalized spacial score (nSPS) is 10.7. The number of benzene rings is 2. The summed E-state index contributed by atoms with van der Waals surface area (Å²) < 4.78 is 15.3. The summed E-state index contributed by atoms with van der Waals surface area (Å²) in [7, 11) is 0. The first kappa shape index (κ1) is 21.5. The minimum atomic E-state index is -0.428. The lowest BCUT2D eigenvalue weighted by Gasteiger charge is -2.08. The van der Waals surface area contributed by atoms with Gasteiger partial charge in [0.1, 0.15) is 11.5 Å². The van der Waals surface area contributed by atoms with Gasteiger partial charge in [0, 0.05) is 24.8 Å². The van der Waals surface area contributed by atoms with Crippen LogP contribution in [-0.4, -0.2) is 34.7 Å². The highest BCUT2D eigenvalue weighted by Gasteiger charge is 2.19. The number of nitrogens with one attached hydrogen (secondary N) is 2. The van der Waals surface area contributed by atoms with Gasteiger partial charge in [-0.3, -0.25) is 9.59 Å². The van der Waals surface area contributed by atoms with Crippen LogP contribution in [0.25, 0.3) is 16.3 Å². The third-order valence-electron chi connectivity index (χ3n) is 4.86. The molecule has 32 heavy (non-hydrogen) atoms. The van der Waals surface area contributed by atoms with Crippen LogP contribution in [0.15, 0.2) is 72.2 Å². The zero-order chi connectivity index (χ0) is 22.5. The minimum absolute atomic E-state index is 0.210. The molecular formula is C24H21FN4O2S. The maximum absolute atomic E-state index is 13.7. The van der Waals surface area contributed by atoms with Crippen molar-refractivity contribution in [3.63, 3.8) is 0 Å². The van der Waals surface area contributed by atoms with Crippen molar-refractivity contribution in [3.05, 3.63) is 94.7 Å². The molecule has 0 unspecified atom stereocenters. The third kappa shape index (κ3) is 4.76. The third-order valence-corrected chi connectivity index (χ3v) is 5.74. The summed E-state index contributed by atoms with van der Waals surface area (Å²) in [4.78, 5) is 26.0. The van der Waals surface area contributed by atoms with E-state index in [0.29, 0.717) is 16.8 Å². The quantitative estimate of drug-likeness (QED) is 0.416. The molecule has 2 N–H and O–H groups in total. The first-order valence-electron chi connectivity index (χ1n) is 10.0. The second kappa shape index (κ2) is 9.57. The van der Waals surface area contributed by atoms with Crippen LogP contribution in [0.1, 0.15) is 26.3 Å². The number of hydrogen-bond acceptors (Lipinski definition) is 4. The van der Waals surface area contributed by atoms with Crippen LogP contribution in [0.3, 0.4) is 0 Å². The average molecular weight is 449 g/mol. The Balaban J connectivity index is 1.42. The second-order valence-corrected chi connectivity index (χ2v) is 8.07. The molecule has 2 aromatic carbocycles. The van der Waals surface area contributed by atoms with Crippen molar-refractivity contribution in [3.8, 4) is 16.3 Å². The highest BCUT2D eigenvalue weighted by molar-refractivity contribution is 7.13. The topological polar surface area (TPSA) is 76.0 Å². The molecule has 2 amide bonds. The van der Waals surface area contributed by atoms with Crippen LogP contribution in [0.4, 0.5) is 4.39 Å². The number of thiophene rings is 1. The Labute approximate surface area is 188 Å². The van der Waals surface area contributed by atoms with Crippen LogP contribution in [-0.2, 0) is 0 Å². The molecule has 0 saturated heterocycles. The summed E-state index contributed by atoms with van der Waals surface area (Å²) in [5.74, 6) is -1.11. The summed E-state index contributed by atoms with van der Waals surface area (Å²) in [6, 6.07) is 17.7. The van der Waals surface area contributed by atoms with E-state index in [1.165, 1.54) is 17.4 Å². The Kier molecular flexibility index (Phi) is 6.42. The first-order valence-corrected chi connectivity index (χ1v) is 10.9. The van der Waals surface area contributed by atoms with Gasteiger partial charge in [-0.1, -0.05) is 30.3 Å². The number of nitrogens with zero attached hydrogens (tertiary/aromatic N) is 2. The fourth-order valence-corrected chi connectivity index (χ4v) is 3.86. The van der Waals surface area contributed by atoms with E-state index in [0.717, 1.165) is 10.6 Å². The number of hydrogen-bond donors (Lipinski definition) is 2. The summed E-state index contributed by atoms with van der Waals surface area (Å²) >= 11 is 1.50. The molecule has 6 nitrogen and oxygen atoms in total. The molecule has 0 radical (unpaired) electrons. The van der Waals surface area contributed by atoms with Crippen LogP contribution < -0.4 is 10.6 Å². The standard InChI is InChI=1S/C24H21FN4O2S/c1-16-9-10-17(14-20(16)25)23(30)26-11-12-27-24(31)19-15-29(18-6-3-2-4-7-18)28-22(19)21-8-5-13-32-21/h2-10,13-15H,11-12H2,1H3,(H,26,30)(H,27,31). The van der Waals surface area contributed by atoms with Gasteiger partial charge in [0.15, 0.2) is 0 Å². The number of carbonyl (C=O) groups is 2. The zero-order valence-electron chi connectivity index (χ0n) is 17.3. The smallest absolute Gasteiger partial charge is 0.255 e. The van der Waals surface area contributed by atoms with Crippen molar-refractivity contribution in [1.29, 1.82) is 0 Å². The highest BCUT2D eigenvalue weighted by Crippen LogP contribution is 2.27. The molecule has 4 aromatic rings. The molecule has 0 aliphatic carbocycles. The first-order chi connectivity index (χ1) is 15.5. The maximum Gasteiger partial charge on any atom is 0.255 e. The van der Waals surface area contributed by atoms with Crippen molar-refractivity contribution < 1.29 is 14.0 Å². The van der Waals surface area contributed by atoms with Crippen LogP contribution in [0.5, 0.6) is 0 Å². The van der Waals surface area contributed by atoms with Gasteiger partial charge < -0.3 is 10.6 Å². The van der Waals surface area contributed by atoms with Crippen molar-refractivity contribution in [2.24, 2.45) is 0 Å². The second-order valence-electron chi connectivity index (χ2n) is 7.12. The number of para-hydroxylation sites is 1. The predicted octanol–water partition coefficient (Wildman–Crippen LogP) is 4.21. The lowest BCUT2D eigenvalue weighted by molar-refractivity contribution is 0.0928. The summed E-state index contributed by atoms with van der Waals surface area (Å²) in [5, 5.41) is 12.1. The largest absolute Gasteiger partial charge is 0.350 e. The van der Waals surface area contributed by atoms with E-state index in [1.807, 2.05) is 47.8 Å². The molecule has 8 heteroatoms. The molecule has 0 fully saturated rings. The van der Waals surface area contributed by atoms with E-state index in [9.17, 15) is 14.0 Å².